The molecule has 0 saturated carbocycles. The number of ether oxygens (including phenoxy) is 1. The van der Waals surface area contributed by atoms with E-state index in [0.29, 0.717) is 0 Å². The van der Waals surface area contributed by atoms with Gasteiger partial charge in [-0.25, -0.2) is 0 Å². The first kappa shape index (κ1) is 12.7. The summed E-state index contributed by atoms with van der Waals surface area (Å²) in [5, 5.41) is 3.21. The van der Waals surface area contributed by atoms with Crippen LogP contribution in [0.3, 0.4) is 0 Å². The molecule has 1 rings (SSSR count). The highest BCUT2D eigenvalue weighted by Gasteiger charge is 2.11. The van der Waals surface area contributed by atoms with E-state index >= 15 is 0 Å². The second-order valence-corrected chi connectivity index (χ2v) is 3.76. The van der Waals surface area contributed by atoms with Crippen LogP contribution in [0.1, 0.15) is 19.4 Å². The zero-order chi connectivity index (χ0) is 12.1. The minimum atomic E-state index is 0.945. The summed E-state index contributed by atoms with van der Waals surface area (Å²) < 4.78 is 5.44. The first-order valence-electron chi connectivity index (χ1n) is 5.79. The van der Waals surface area contributed by atoms with Crippen molar-refractivity contribution in [2.45, 2.75) is 20.8 Å². The summed E-state index contributed by atoms with van der Waals surface area (Å²) in [6.45, 7) is 8.36. The third kappa shape index (κ3) is 2.40. The molecule has 0 aromatic heterocycles. The van der Waals surface area contributed by atoms with Gasteiger partial charge in [-0.05, 0) is 38.5 Å². The predicted molar refractivity (Wildman–Crippen MR) is 70.8 cm³/mol. The average molecular weight is 222 g/mol. The zero-order valence-corrected chi connectivity index (χ0v) is 10.9. The minimum Gasteiger partial charge on any atom is -0.495 e. The van der Waals surface area contributed by atoms with Gasteiger partial charge in [0.05, 0.1) is 12.8 Å². The maximum Gasteiger partial charge on any atom is 0.142 e. The Bertz CT molecular complexity index is 346. The number of benzene rings is 1. The molecule has 0 spiro atoms. The van der Waals surface area contributed by atoms with Crippen LogP contribution in [0.4, 0.5) is 11.4 Å². The van der Waals surface area contributed by atoms with Crippen LogP contribution in [-0.2, 0) is 0 Å². The van der Waals surface area contributed by atoms with Gasteiger partial charge in [0.1, 0.15) is 5.75 Å². The van der Waals surface area contributed by atoms with Crippen LogP contribution < -0.4 is 15.0 Å². The first-order valence-corrected chi connectivity index (χ1v) is 5.79. The Morgan fingerprint density at radius 1 is 1.25 bits per heavy atom. The molecule has 0 unspecified atom stereocenters. The lowest BCUT2D eigenvalue weighted by atomic mass is 10.1. The van der Waals surface area contributed by atoms with Gasteiger partial charge in [0.2, 0.25) is 0 Å². The molecule has 1 N–H and O–H groups in total. The van der Waals surface area contributed by atoms with Crippen LogP contribution in [0.5, 0.6) is 5.75 Å². The molecule has 90 valence electrons. The molecule has 3 heteroatoms. The molecule has 1 aromatic rings. The van der Waals surface area contributed by atoms with E-state index in [4.69, 9.17) is 4.74 Å². The van der Waals surface area contributed by atoms with Gasteiger partial charge in [0, 0.05) is 25.8 Å². The molecular weight excluding hydrogens is 200 g/mol. The van der Waals surface area contributed by atoms with Gasteiger partial charge >= 0.3 is 0 Å². The van der Waals surface area contributed by atoms with Crippen molar-refractivity contribution in [2.75, 3.05) is 37.5 Å². The number of anilines is 2. The van der Waals surface area contributed by atoms with Crippen molar-refractivity contribution in [2.24, 2.45) is 0 Å². The molecule has 0 saturated heterocycles. The average Bonchev–Trinajstić information content (AvgIpc) is 2.31. The summed E-state index contributed by atoms with van der Waals surface area (Å²) in [4.78, 5) is 2.29. The molecule has 0 atom stereocenters. The third-order valence-corrected chi connectivity index (χ3v) is 2.90. The molecule has 16 heavy (non-hydrogen) atoms. The zero-order valence-electron chi connectivity index (χ0n) is 10.9. The standard InChI is InChI=1S/C13H22N2O/c1-6-15(7-2)12-9-11(14-4)10(3)8-13(12)16-5/h8-9,14H,6-7H2,1-5H3. The van der Waals surface area contributed by atoms with Gasteiger partial charge < -0.3 is 15.0 Å². The van der Waals surface area contributed by atoms with E-state index in [-0.39, 0.29) is 0 Å². The third-order valence-electron chi connectivity index (χ3n) is 2.90. The van der Waals surface area contributed by atoms with Gasteiger partial charge in [0.15, 0.2) is 0 Å². The van der Waals surface area contributed by atoms with Crippen molar-refractivity contribution in [1.29, 1.82) is 0 Å². The van der Waals surface area contributed by atoms with E-state index in [1.165, 1.54) is 5.56 Å². The number of rotatable bonds is 5. The fourth-order valence-corrected chi connectivity index (χ4v) is 1.91. The van der Waals surface area contributed by atoms with Gasteiger partial charge in [-0.1, -0.05) is 0 Å². The van der Waals surface area contributed by atoms with Crippen molar-refractivity contribution in [1.82, 2.24) is 0 Å². The topological polar surface area (TPSA) is 24.5 Å². The van der Waals surface area contributed by atoms with E-state index in [1.54, 1.807) is 7.11 Å². The quantitative estimate of drug-likeness (QED) is 0.829. The molecule has 0 fully saturated rings. The summed E-state index contributed by atoms with van der Waals surface area (Å²) >= 11 is 0. The van der Waals surface area contributed by atoms with Gasteiger partial charge in [0.25, 0.3) is 0 Å². The number of nitrogens with zero attached hydrogens (tertiary/aromatic N) is 1. The number of hydrogen-bond donors (Lipinski definition) is 1. The van der Waals surface area contributed by atoms with Crippen molar-refractivity contribution < 1.29 is 4.74 Å². The van der Waals surface area contributed by atoms with Gasteiger partial charge in [-0.15, -0.1) is 0 Å². The summed E-state index contributed by atoms with van der Waals surface area (Å²) in [6.07, 6.45) is 0. The van der Waals surface area contributed by atoms with Crippen molar-refractivity contribution in [3.05, 3.63) is 17.7 Å². The first-order chi connectivity index (χ1) is 7.67. The maximum atomic E-state index is 5.44. The maximum absolute atomic E-state index is 5.44. The Kier molecular flexibility index (Phi) is 4.47. The second kappa shape index (κ2) is 5.64. The number of methoxy groups -OCH3 is 1. The highest BCUT2D eigenvalue weighted by molar-refractivity contribution is 5.69. The van der Waals surface area contributed by atoms with Crippen LogP contribution in [0.2, 0.25) is 0 Å². The number of aryl methyl sites for hydroxylation is 1. The summed E-state index contributed by atoms with van der Waals surface area (Å²) in [5.41, 5.74) is 3.51. The Morgan fingerprint density at radius 3 is 2.31 bits per heavy atom. The minimum absolute atomic E-state index is 0.945. The molecule has 0 aliphatic carbocycles. The summed E-state index contributed by atoms with van der Waals surface area (Å²) in [7, 11) is 3.67. The normalized spacial score (nSPS) is 10.1. The van der Waals surface area contributed by atoms with Crippen molar-refractivity contribution >= 4 is 11.4 Å². The fraction of sp³-hybridized carbons (Fsp3) is 0.538. The Morgan fingerprint density at radius 2 is 1.88 bits per heavy atom. The van der Waals surface area contributed by atoms with Gasteiger partial charge in [-0.2, -0.15) is 0 Å². The molecule has 0 bridgehead atoms. The molecule has 3 nitrogen and oxygen atoms in total. The Balaban J connectivity index is 3.23. The second-order valence-electron chi connectivity index (χ2n) is 3.76. The SMILES string of the molecule is CCN(CC)c1cc(NC)c(C)cc1OC. The highest BCUT2D eigenvalue weighted by atomic mass is 16.5. The lowest BCUT2D eigenvalue weighted by molar-refractivity contribution is 0.414. The van der Waals surface area contributed by atoms with Crippen LogP contribution >= 0.6 is 0 Å². The van der Waals surface area contributed by atoms with Crippen LogP contribution in [0, 0.1) is 6.92 Å². The van der Waals surface area contributed by atoms with E-state index in [2.05, 4.69) is 43.1 Å². The molecule has 0 radical (unpaired) electrons. The summed E-state index contributed by atoms with van der Waals surface area (Å²) in [6, 6.07) is 4.24. The van der Waals surface area contributed by atoms with Crippen LogP contribution in [-0.4, -0.2) is 27.2 Å². The van der Waals surface area contributed by atoms with Crippen LogP contribution in [0.15, 0.2) is 12.1 Å². The monoisotopic (exact) mass is 222 g/mol. The predicted octanol–water partition coefficient (Wildman–Crippen LogP) is 2.89. The molecule has 0 amide bonds. The Labute approximate surface area is 98.4 Å². The van der Waals surface area contributed by atoms with Crippen molar-refractivity contribution in [3.8, 4) is 5.75 Å². The number of hydrogen-bond acceptors (Lipinski definition) is 3. The number of nitrogens with one attached hydrogen (secondary N) is 1. The largest absolute Gasteiger partial charge is 0.495 e. The van der Waals surface area contributed by atoms with E-state index < -0.39 is 0 Å². The van der Waals surface area contributed by atoms with E-state index in [0.717, 1.165) is 30.2 Å². The molecule has 0 heterocycles. The molecule has 0 aliphatic rings. The molecule has 1 aromatic carbocycles. The smallest absolute Gasteiger partial charge is 0.142 e. The lowest BCUT2D eigenvalue weighted by Gasteiger charge is -2.24. The lowest BCUT2D eigenvalue weighted by Crippen LogP contribution is -2.22. The Hall–Kier alpha value is -1.38. The molecule has 0 aliphatic heterocycles. The molecular formula is C13H22N2O. The van der Waals surface area contributed by atoms with Gasteiger partial charge in [-0.3, -0.25) is 0 Å². The van der Waals surface area contributed by atoms with Crippen LogP contribution in [0.25, 0.3) is 0 Å². The highest BCUT2D eigenvalue weighted by Crippen LogP contribution is 2.33. The van der Waals surface area contributed by atoms with Crippen molar-refractivity contribution in [3.63, 3.8) is 0 Å². The van der Waals surface area contributed by atoms with E-state index in [1.807, 2.05) is 7.05 Å². The van der Waals surface area contributed by atoms with E-state index in [9.17, 15) is 0 Å². The fourth-order valence-electron chi connectivity index (χ4n) is 1.91. The summed E-state index contributed by atoms with van der Waals surface area (Å²) in [5.74, 6) is 0.945.